The summed E-state index contributed by atoms with van der Waals surface area (Å²) in [6, 6.07) is 10.2. The Morgan fingerprint density at radius 3 is 2.96 bits per heavy atom. The number of carbonyl (C=O) groups is 1. The lowest BCUT2D eigenvalue weighted by Gasteiger charge is -2.32. The third-order valence-electron chi connectivity index (χ3n) is 4.72. The highest BCUT2D eigenvalue weighted by Crippen LogP contribution is 2.22. The number of hydrogen-bond donors (Lipinski definition) is 2. The van der Waals surface area contributed by atoms with E-state index in [1.54, 1.807) is 10.9 Å². The fourth-order valence-corrected chi connectivity index (χ4v) is 3.61. The van der Waals surface area contributed by atoms with Crippen LogP contribution in [0.2, 0.25) is 0 Å². The molecule has 1 aliphatic rings. The number of hydrogen-bond acceptors (Lipinski definition) is 5. The van der Waals surface area contributed by atoms with Gasteiger partial charge in [-0.1, -0.05) is 47.1 Å². The van der Waals surface area contributed by atoms with E-state index >= 15 is 0 Å². The monoisotopic (exact) mass is 403 g/mol. The van der Waals surface area contributed by atoms with Crippen molar-refractivity contribution in [2.75, 3.05) is 32.8 Å². The van der Waals surface area contributed by atoms with Gasteiger partial charge in [-0.3, -0.25) is 9.69 Å². The van der Waals surface area contributed by atoms with E-state index in [2.05, 4.69) is 20.5 Å². The standard InChI is InChI=1S/C20H26ClN5O2/c21-17(12-16-6-2-1-3-7-16)13-25-10-4-8-18(14-25)26-15-19(23-24-26)20(28)22-9-5-11-27/h1-3,6-7,12,15,18,27H,4-5,8-11,13-14H2,(H,22,28)/b17-12-/t18-/m0/s1. The summed E-state index contributed by atoms with van der Waals surface area (Å²) in [4.78, 5) is 14.4. The fourth-order valence-electron chi connectivity index (χ4n) is 3.31. The van der Waals surface area contributed by atoms with E-state index in [0.29, 0.717) is 25.2 Å². The van der Waals surface area contributed by atoms with Crippen molar-refractivity contribution in [3.63, 3.8) is 0 Å². The molecule has 0 radical (unpaired) electrons. The molecule has 0 aliphatic carbocycles. The molecule has 1 atom stereocenters. The minimum atomic E-state index is -0.263. The lowest BCUT2D eigenvalue weighted by molar-refractivity contribution is 0.0946. The predicted molar refractivity (Wildman–Crippen MR) is 109 cm³/mol. The van der Waals surface area contributed by atoms with Crippen LogP contribution in [0.3, 0.4) is 0 Å². The highest BCUT2D eigenvalue weighted by molar-refractivity contribution is 6.31. The molecule has 1 aliphatic heterocycles. The molecule has 0 saturated carbocycles. The van der Waals surface area contributed by atoms with Crippen LogP contribution in [0.4, 0.5) is 0 Å². The van der Waals surface area contributed by atoms with Crippen molar-refractivity contribution in [1.82, 2.24) is 25.2 Å². The highest BCUT2D eigenvalue weighted by Gasteiger charge is 2.23. The van der Waals surface area contributed by atoms with Gasteiger partial charge in [0.05, 0.1) is 12.2 Å². The van der Waals surface area contributed by atoms with Crippen LogP contribution >= 0.6 is 11.6 Å². The second-order valence-corrected chi connectivity index (χ2v) is 7.44. The van der Waals surface area contributed by atoms with Crippen molar-refractivity contribution >= 4 is 23.6 Å². The minimum Gasteiger partial charge on any atom is -0.396 e. The second-order valence-electron chi connectivity index (χ2n) is 6.95. The minimum absolute atomic E-state index is 0.0478. The van der Waals surface area contributed by atoms with Gasteiger partial charge in [-0.05, 0) is 37.4 Å². The van der Waals surface area contributed by atoms with Crippen LogP contribution in [0.1, 0.15) is 41.4 Å². The Morgan fingerprint density at radius 1 is 1.36 bits per heavy atom. The molecule has 1 fully saturated rings. The van der Waals surface area contributed by atoms with Crippen LogP contribution in [0.5, 0.6) is 0 Å². The largest absolute Gasteiger partial charge is 0.396 e. The number of amides is 1. The normalized spacial score (nSPS) is 18.2. The molecular formula is C20H26ClN5O2. The third-order valence-corrected chi connectivity index (χ3v) is 4.94. The van der Waals surface area contributed by atoms with Crippen LogP contribution < -0.4 is 5.32 Å². The fraction of sp³-hybridized carbons (Fsp3) is 0.450. The van der Waals surface area contributed by atoms with Crippen molar-refractivity contribution in [2.45, 2.75) is 25.3 Å². The van der Waals surface area contributed by atoms with E-state index in [9.17, 15) is 4.79 Å². The smallest absolute Gasteiger partial charge is 0.273 e. The number of carbonyl (C=O) groups excluding carboxylic acids is 1. The molecule has 0 unspecified atom stereocenters. The van der Waals surface area contributed by atoms with Crippen molar-refractivity contribution in [3.8, 4) is 0 Å². The summed E-state index contributed by atoms with van der Waals surface area (Å²) in [6.45, 7) is 2.96. The van der Waals surface area contributed by atoms with Gasteiger partial charge < -0.3 is 10.4 Å². The van der Waals surface area contributed by atoms with E-state index in [-0.39, 0.29) is 18.6 Å². The predicted octanol–water partition coefficient (Wildman–Crippen LogP) is 2.31. The Balaban J connectivity index is 1.56. The Bertz CT molecular complexity index is 793. The number of nitrogens with one attached hydrogen (secondary N) is 1. The number of nitrogens with zero attached hydrogens (tertiary/aromatic N) is 4. The molecule has 3 rings (SSSR count). The maximum atomic E-state index is 12.1. The van der Waals surface area contributed by atoms with Crippen molar-refractivity contribution < 1.29 is 9.90 Å². The van der Waals surface area contributed by atoms with Crippen LogP contribution in [-0.4, -0.2) is 63.7 Å². The maximum Gasteiger partial charge on any atom is 0.273 e. The summed E-state index contributed by atoms with van der Waals surface area (Å²) >= 11 is 6.46. The Hall–Kier alpha value is -2.22. The van der Waals surface area contributed by atoms with E-state index < -0.39 is 0 Å². The second kappa shape index (κ2) is 10.4. The number of piperidine rings is 1. The van der Waals surface area contributed by atoms with Gasteiger partial charge in [0, 0.05) is 31.3 Å². The van der Waals surface area contributed by atoms with Gasteiger partial charge >= 0.3 is 0 Å². The molecule has 2 aromatic rings. The molecule has 1 saturated heterocycles. The average molecular weight is 404 g/mol. The zero-order chi connectivity index (χ0) is 19.8. The Morgan fingerprint density at radius 2 is 2.18 bits per heavy atom. The highest BCUT2D eigenvalue weighted by atomic mass is 35.5. The molecule has 2 heterocycles. The van der Waals surface area contributed by atoms with Crippen LogP contribution in [0.25, 0.3) is 6.08 Å². The first kappa shape index (κ1) is 20.5. The van der Waals surface area contributed by atoms with Crippen molar-refractivity contribution in [3.05, 3.63) is 52.8 Å². The van der Waals surface area contributed by atoms with Gasteiger partial charge in [-0.2, -0.15) is 0 Å². The number of benzene rings is 1. The SMILES string of the molecule is O=C(NCCCO)c1cn([C@H]2CCCN(C/C(Cl)=C/c3ccccc3)C2)nn1. The summed E-state index contributed by atoms with van der Waals surface area (Å²) in [6.07, 6.45) is 6.25. The molecular weight excluding hydrogens is 378 g/mol. The molecule has 0 spiro atoms. The zero-order valence-corrected chi connectivity index (χ0v) is 16.6. The van der Waals surface area contributed by atoms with E-state index in [4.69, 9.17) is 16.7 Å². The summed E-state index contributed by atoms with van der Waals surface area (Å²) in [5, 5.41) is 20.5. The van der Waals surface area contributed by atoms with Crippen LogP contribution in [0.15, 0.2) is 41.6 Å². The van der Waals surface area contributed by atoms with Gasteiger partial charge in [0.25, 0.3) is 5.91 Å². The molecule has 1 amide bonds. The lowest BCUT2D eigenvalue weighted by Crippen LogP contribution is -2.37. The molecule has 150 valence electrons. The summed E-state index contributed by atoms with van der Waals surface area (Å²) in [5.74, 6) is -0.263. The molecule has 2 N–H and O–H groups in total. The Kier molecular flexibility index (Phi) is 7.59. The number of aliphatic hydroxyl groups excluding tert-OH is 1. The first-order chi connectivity index (χ1) is 13.7. The summed E-state index contributed by atoms with van der Waals surface area (Å²) in [7, 11) is 0. The topological polar surface area (TPSA) is 83.3 Å². The van der Waals surface area contributed by atoms with Gasteiger partial charge in [-0.15, -0.1) is 5.10 Å². The summed E-state index contributed by atoms with van der Waals surface area (Å²) < 4.78 is 1.78. The first-order valence-electron chi connectivity index (χ1n) is 9.60. The quantitative estimate of drug-likeness (QED) is 0.661. The van der Waals surface area contributed by atoms with Crippen molar-refractivity contribution in [1.29, 1.82) is 0 Å². The van der Waals surface area contributed by atoms with Gasteiger partial charge in [-0.25, -0.2) is 4.68 Å². The van der Waals surface area contributed by atoms with Crippen molar-refractivity contribution in [2.24, 2.45) is 0 Å². The van der Waals surface area contributed by atoms with Gasteiger partial charge in [0.2, 0.25) is 0 Å². The first-order valence-corrected chi connectivity index (χ1v) is 9.98. The number of aliphatic hydroxyl groups is 1. The van der Waals surface area contributed by atoms with E-state index in [1.807, 2.05) is 36.4 Å². The number of aromatic nitrogens is 3. The lowest BCUT2D eigenvalue weighted by atomic mass is 10.1. The van der Waals surface area contributed by atoms with E-state index in [0.717, 1.165) is 36.5 Å². The average Bonchev–Trinajstić information content (AvgIpc) is 3.19. The summed E-state index contributed by atoms with van der Waals surface area (Å²) in [5.41, 5.74) is 1.39. The maximum absolute atomic E-state index is 12.1. The molecule has 1 aromatic heterocycles. The molecule has 0 bridgehead atoms. The third kappa shape index (κ3) is 5.89. The zero-order valence-electron chi connectivity index (χ0n) is 15.8. The van der Waals surface area contributed by atoms with Crippen LogP contribution in [0, 0.1) is 0 Å². The van der Waals surface area contributed by atoms with E-state index in [1.165, 1.54) is 0 Å². The molecule has 8 heteroatoms. The Labute approximate surface area is 170 Å². The van der Waals surface area contributed by atoms with Crippen LogP contribution in [-0.2, 0) is 0 Å². The number of likely N-dealkylation sites (tertiary alicyclic amines) is 1. The van der Waals surface area contributed by atoms with Gasteiger partial charge in [0.1, 0.15) is 0 Å². The number of rotatable bonds is 8. The molecule has 7 nitrogen and oxygen atoms in total. The number of halogens is 1. The molecule has 28 heavy (non-hydrogen) atoms. The molecule has 1 aromatic carbocycles. The van der Waals surface area contributed by atoms with Gasteiger partial charge in [0.15, 0.2) is 5.69 Å².